The monoisotopic (exact) mass is 304 g/mol. The van der Waals surface area contributed by atoms with Crippen LogP contribution in [-0.4, -0.2) is 12.5 Å². The molecular weight excluding hydrogens is 276 g/mol. The van der Waals surface area contributed by atoms with Gasteiger partial charge in [-0.3, -0.25) is 4.79 Å². The fourth-order valence-electron chi connectivity index (χ4n) is 3.01. The summed E-state index contributed by atoms with van der Waals surface area (Å²) in [4.78, 5) is 11.5. The minimum atomic E-state index is -0.0589. The number of ether oxygens (including phenoxy) is 1. The van der Waals surface area contributed by atoms with Crippen LogP contribution in [0.4, 0.5) is 0 Å². The Bertz CT molecular complexity index is 588. The van der Waals surface area contributed by atoms with Crippen molar-refractivity contribution in [2.75, 3.05) is 6.61 Å². The molecule has 0 saturated heterocycles. The van der Waals surface area contributed by atoms with Crippen LogP contribution in [0.3, 0.4) is 0 Å². The van der Waals surface area contributed by atoms with E-state index in [0.29, 0.717) is 6.61 Å². The molecule has 0 aromatic heterocycles. The minimum absolute atomic E-state index is 0.00599. The van der Waals surface area contributed by atoms with E-state index in [1.165, 1.54) is 5.56 Å². The number of benzene rings is 1. The smallest absolute Gasteiger partial charge is 0.217 e. The molecule has 2 unspecified atom stereocenters. The van der Waals surface area contributed by atoms with Gasteiger partial charge in [-0.15, -0.1) is 0 Å². The Hall–Kier alpha value is -1.55. The van der Waals surface area contributed by atoms with E-state index in [-0.39, 0.29) is 23.4 Å². The quantitative estimate of drug-likeness (QED) is 0.881. The van der Waals surface area contributed by atoms with Crippen LogP contribution in [0.5, 0.6) is 5.75 Å². The van der Waals surface area contributed by atoms with Crippen LogP contribution in [0.25, 0.3) is 0 Å². The van der Waals surface area contributed by atoms with Crippen molar-refractivity contribution in [2.45, 2.75) is 60.0 Å². The lowest BCUT2D eigenvalue weighted by molar-refractivity contribution is -0.119. The van der Waals surface area contributed by atoms with Crippen LogP contribution in [0.2, 0.25) is 0 Å². The Kier molecular flexibility index (Phi) is 4.52. The minimum Gasteiger partial charge on any atom is -0.493 e. The summed E-state index contributed by atoms with van der Waals surface area (Å²) >= 11 is 0. The van der Waals surface area contributed by atoms with Gasteiger partial charge >= 0.3 is 0 Å². The number of carbonyl (C=O) groups excluding carboxylic acids is 1. The molecule has 0 fully saturated rings. The zero-order valence-corrected chi connectivity index (χ0v) is 14.5. The molecule has 0 saturated carbocycles. The number of rotatable bonds is 2. The molecule has 1 aromatic rings. The summed E-state index contributed by atoms with van der Waals surface area (Å²) in [7, 11) is 0. The molecule has 0 aliphatic carbocycles. The first kappa shape index (κ1) is 16.8. The molecule has 4 nitrogen and oxygen atoms in total. The number of nitrogens with one attached hydrogen (secondary N) is 1. The van der Waals surface area contributed by atoms with Crippen LogP contribution in [0, 0.1) is 19.3 Å². The van der Waals surface area contributed by atoms with E-state index < -0.39 is 0 Å². The fraction of sp³-hybridized carbons (Fsp3) is 0.611. The van der Waals surface area contributed by atoms with Gasteiger partial charge in [0.2, 0.25) is 5.91 Å². The van der Waals surface area contributed by atoms with E-state index >= 15 is 0 Å². The number of nitrogens with two attached hydrogens (primary N) is 1. The Morgan fingerprint density at radius 3 is 2.55 bits per heavy atom. The molecule has 122 valence electrons. The molecule has 0 radical (unpaired) electrons. The maximum Gasteiger partial charge on any atom is 0.217 e. The lowest BCUT2D eigenvalue weighted by atomic mass is 9.79. The van der Waals surface area contributed by atoms with E-state index in [1.54, 1.807) is 6.92 Å². The first-order valence-corrected chi connectivity index (χ1v) is 7.92. The molecule has 1 aromatic carbocycles. The summed E-state index contributed by atoms with van der Waals surface area (Å²) < 4.78 is 5.88. The Labute approximate surface area is 133 Å². The van der Waals surface area contributed by atoms with Crippen molar-refractivity contribution in [3.8, 4) is 5.75 Å². The summed E-state index contributed by atoms with van der Waals surface area (Å²) in [6.07, 6.45) is 0.791. The Morgan fingerprint density at radius 2 is 2.00 bits per heavy atom. The maximum atomic E-state index is 11.5. The lowest BCUT2D eigenvalue weighted by Crippen LogP contribution is -2.32. The van der Waals surface area contributed by atoms with Gasteiger partial charge < -0.3 is 15.8 Å². The topological polar surface area (TPSA) is 64.3 Å². The van der Waals surface area contributed by atoms with Crippen molar-refractivity contribution in [1.29, 1.82) is 0 Å². The largest absolute Gasteiger partial charge is 0.493 e. The molecule has 1 amide bonds. The third kappa shape index (κ3) is 3.12. The molecule has 2 rings (SSSR count). The van der Waals surface area contributed by atoms with Gasteiger partial charge in [0.15, 0.2) is 0 Å². The SMILES string of the molecule is CC(=O)NC1CCOc2c1cc(C(N)C(C)(C)C)c(C)c2C. The van der Waals surface area contributed by atoms with Crippen molar-refractivity contribution in [3.05, 3.63) is 28.3 Å². The normalized spacial score (nSPS) is 19.1. The molecule has 1 aliphatic rings. The first-order chi connectivity index (χ1) is 10.1. The van der Waals surface area contributed by atoms with Crippen LogP contribution in [0.1, 0.15) is 68.5 Å². The second-order valence-corrected chi connectivity index (χ2v) is 7.37. The average molecular weight is 304 g/mol. The summed E-state index contributed by atoms with van der Waals surface area (Å²) in [5.74, 6) is 0.894. The third-order valence-electron chi connectivity index (χ3n) is 4.58. The second-order valence-electron chi connectivity index (χ2n) is 7.37. The van der Waals surface area contributed by atoms with Crippen LogP contribution >= 0.6 is 0 Å². The fourth-order valence-corrected chi connectivity index (χ4v) is 3.01. The molecule has 3 N–H and O–H groups in total. The van der Waals surface area contributed by atoms with E-state index in [0.717, 1.165) is 28.9 Å². The van der Waals surface area contributed by atoms with Crippen molar-refractivity contribution >= 4 is 5.91 Å². The predicted molar refractivity (Wildman–Crippen MR) is 89.0 cm³/mol. The van der Waals surface area contributed by atoms with Crippen molar-refractivity contribution in [1.82, 2.24) is 5.32 Å². The van der Waals surface area contributed by atoms with Crippen molar-refractivity contribution < 1.29 is 9.53 Å². The van der Waals surface area contributed by atoms with Gasteiger partial charge in [-0.2, -0.15) is 0 Å². The summed E-state index contributed by atoms with van der Waals surface area (Å²) in [6.45, 7) is 12.8. The highest BCUT2D eigenvalue weighted by atomic mass is 16.5. The molecule has 22 heavy (non-hydrogen) atoms. The average Bonchev–Trinajstić information content (AvgIpc) is 2.41. The van der Waals surface area contributed by atoms with E-state index in [4.69, 9.17) is 10.5 Å². The molecule has 1 heterocycles. The van der Waals surface area contributed by atoms with Gasteiger partial charge in [0.25, 0.3) is 0 Å². The number of fused-ring (bicyclic) bond motifs is 1. The zero-order valence-electron chi connectivity index (χ0n) is 14.5. The molecular formula is C18H28N2O2. The standard InChI is InChI=1S/C18H28N2O2/c1-10-11(2)16-14(9-13(10)17(19)18(4,5)6)15(7-8-22-16)20-12(3)21/h9,15,17H,7-8,19H2,1-6H3,(H,20,21). The van der Waals surface area contributed by atoms with Gasteiger partial charge in [-0.25, -0.2) is 0 Å². The van der Waals surface area contributed by atoms with Gasteiger partial charge in [0.05, 0.1) is 12.6 Å². The molecule has 4 heteroatoms. The number of hydrogen-bond donors (Lipinski definition) is 2. The summed E-state index contributed by atoms with van der Waals surface area (Å²) in [5, 5.41) is 3.03. The highest BCUT2D eigenvalue weighted by molar-refractivity contribution is 5.73. The Balaban J connectivity index is 2.55. The van der Waals surface area contributed by atoms with Crippen LogP contribution in [-0.2, 0) is 4.79 Å². The molecule has 1 aliphatic heterocycles. The van der Waals surface area contributed by atoms with Gasteiger partial charge in [-0.05, 0) is 42.0 Å². The number of carbonyl (C=O) groups is 1. The highest BCUT2D eigenvalue weighted by Gasteiger charge is 2.30. The third-order valence-corrected chi connectivity index (χ3v) is 4.58. The van der Waals surface area contributed by atoms with Crippen LogP contribution in [0.15, 0.2) is 6.07 Å². The van der Waals surface area contributed by atoms with E-state index in [2.05, 4.69) is 46.0 Å². The second kappa shape index (κ2) is 5.92. The van der Waals surface area contributed by atoms with Gasteiger partial charge in [0.1, 0.15) is 5.75 Å². The lowest BCUT2D eigenvalue weighted by Gasteiger charge is -2.33. The van der Waals surface area contributed by atoms with E-state index in [9.17, 15) is 4.79 Å². The van der Waals surface area contributed by atoms with Crippen molar-refractivity contribution in [2.24, 2.45) is 11.1 Å². The summed E-state index contributed by atoms with van der Waals surface area (Å²) in [5.41, 5.74) is 11.0. The zero-order chi connectivity index (χ0) is 16.7. The van der Waals surface area contributed by atoms with Crippen LogP contribution < -0.4 is 15.8 Å². The number of amides is 1. The molecule has 2 atom stereocenters. The Morgan fingerprint density at radius 1 is 1.36 bits per heavy atom. The van der Waals surface area contributed by atoms with Gasteiger partial charge in [0, 0.05) is 24.9 Å². The van der Waals surface area contributed by atoms with Gasteiger partial charge in [-0.1, -0.05) is 20.8 Å². The maximum absolute atomic E-state index is 11.5. The summed E-state index contributed by atoms with van der Waals surface area (Å²) in [6, 6.07) is 2.08. The number of hydrogen-bond acceptors (Lipinski definition) is 3. The predicted octanol–water partition coefficient (Wildman–Crippen LogP) is 3.31. The van der Waals surface area contributed by atoms with Crippen molar-refractivity contribution in [3.63, 3.8) is 0 Å². The van der Waals surface area contributed by atoms with E-state index in [1.807, 2.05) is 0 Å². The molecule has 0 bridgehead atoms. The highest BCUT2D eigenvalue weighted by Crippen LogP contribution is 2.42. The first-order valence-electron chi connectivity index (χ1n) is 7.92. The molecule has 0 spiro atoms.